The van der Waals surface area contributed by atoms with Gasteiger partial charge in [-0.1, -0.05) is 68.4 Å². The number of fused-ring (bicyclic) bond motifs is 1. The molecule has 13 heteroatoms. The fourth-order valence-electron chi connectivity index (χ4n) is 6.70. The highest BCUT2D eigenvalue weighted by atomic mass is 16.6. The van der Waals surface area contributed by atoms with Crippen LogP contribution in [0, 0.1) is 5.92 Å². The number of nitrogen functional groups attached to an aromatic ring is 1. The summed E-state index contributed by atoms with van der Waals surface area (Å²) in [5.41, 5.74) is 7.72. The van der Waals surface area contributed by atoms with E-state index in [1.807, 2.05) is 78.9 Å². The van der Waals surface area contributed by atoms with Crippen LogP contribution < -0.4 is 19.9 Å². The van der Waals surface area contributed by atoms with Crippen LogP contribution in [-0.4, -0.2) is 83.4 Å². The Morgan fingerprint density at radius 1 is 0.860 bits per heavy atom. The van der Waals surface area contributed by atoms with Crippen LogP contribution in [0.25, 0.3) is 11.2 Å². The highest BCUT2D eigenvalue weighted by molar-refractivity contribution is 5.77. The first-order chi connectivity index (χ1) is 24.2. The molecule has 0 spiro atoms. The number of aromatic nitrogens is 4. The molecule has 0 radical (unpaired) electrons. The number of aliphatic hydroxyl groups is 1. The molecule has 0 aliphatic carbocycles. The van der Waals surface area contributed by atoms with Crippen LogP contribution in [0.3, 0.4) is 0 Å². The number of hydrogen-bond acceptors (Lipinski definition) is 12. The van der Waals surface area contributed by atoms with E-state index in [4.69, 9.17) is 34.2 Å². The lowest BCUT2D eigenvalue weighted by Crippen LogP contribution is -2.55. The van der Waals surface area contributed by atoms with E-state index >= 15 is 0 Å². The van der Waals surface area contributed by atoms with Gasteiger partial charge in [-0.15, -0.1) is 0 Å². The minimum absolute atomic E-state index is 0.0361. The number of imidazole rings is 1. The van der Waals surface area contributed by atoms with Gasteiger partial charge < -0.3 is 39.3 Å². The number of nitrogens with two attached hydrogens (primary N) is 1. The quantitative estimate of drug-likeness (QED) is 0.142. The SMILES string of the molecule is COc1ccc(C(c2ccccc2)(c2ccc(OC)cc2)C(OC(=O)C(C)C)[C@H]2O[C@@H](n3cnc4c(OC)nc(N)nc43)[C@H](OC)[C@@H]2O)cc1. The summed E-state index contributed by atoms with van der Waals surface area (Å²) in [6, 6.07) is 24.8. The van der Waals surface area contributed by atoms with Crippen LogP contribution in [0.4, 0.5) is 5.95 Å². The molecule has 2 aromatic heterocycles. The molecular formula is C37H41N5O8. The van der Waals surface area contributed by atoms with Gasteiger partial charge in [0.15, 0.2) is 17.4 Å². The number of nitrogens with zero attached hydrogens (tertiary/aromatic N) is 4. The molecule has 3 N–H and O–H groups in total. The van der Waals surface area contributed by atoms with Crippen molar-refractivity contribution in [1.82, 2.24) is 19.5 Å². The standard InChI is InChI=1S/C37H41N5O8/c1-21(2)35(44)50-31(29-28(43)30(47-5)34(49-29)42-20-39-27-32(42)40-36(38)41-33(27)48-6)37(22-10-8-7-9-11-22,23-12-16-25(45-3)17-13-23)24-14-18-26(46-4)19-15-24/h7-21,28-31,34,43H,1-6H3,(H2,38,40,41)/t28-,29+,30-,31?,34-/m1/s1. The van der Waals surface area contributed by atoms with Gasteiger partial charge in [0.05, 0.1) is 39.0 Å². The molecule has 1 unspecified atom stereocenters. The lowest BCUT2D eigenvalue weighted by Gasteiger charge is -2.45. The maximum atomic E-state index is 13.8. The summed E-state index contributed by atoms with van der Waals surface area (Å²) >= 11 is 0. The van der Waals surface area contributed by atoms with E-state index in [0.29, 0.717) is 22.7 Å². The fraction of sp³-hybridized carbons (Fsp3) is 0.351. The average Bonchev–Trinajstić information content (AvgIpc) is 3.71. The molecule has 0 bridgehead atoms. The highest BCUT2D eigenvalue weighted by Gasteiger charge is 2.58. The third kappa shape index (κ3) is 5.97. The molecule has 5 atom stereocenters. The summed E-state index contributed by atoms with van der Waals surface area (Å²) in [4.78, 5) is 26.8. The monoisotopic (exact) mass is 683 g/mol. The van der Waals surface area contributed by atoms with Gasteiger partial charge in [0.1, 0.15) is 35.9 Å². The Bertz CT molecular complexity index is 1870. The van der Waals surface area contributed by atoms with Crippen molar-refractivity contribution in [3.8, 4) is 17.4 Å². The third-order valence-corrected chi connectivity index (χ3v) is 9.16. The summed E-state index contributed by atoms with van der Waals surface area (Å²) < 4.78 is 37.4. The zero-order valence-electron chi connectivity index (χ0n) is 28.7. The number of carbonyl (C=O) groups excluding carboxylic acids is 1. The molecule has 0 amide bonds. The number of anilines is 1. The molecule has 1 aliphatic rings. The Morgan fingerprint density at radius 2 is 1.44 bits per heavy atom. The number of hydrogen-bond donors (Lipinski definition) is 2. The van der Waals surface area contributed by atoms with Crippen molar-refractivity contribution < 1.29 is 38.3 Å². The van der Waals surface area contributed by atoms with E-state index in [0.717, 1.165) is 16.7 Å². The summed E-state index contributed by atoms with van der Waals surface area (Å²) in [6.45, 7) is 3.51. The first-order valence-electron chi connectivity index (χ1n) is 16.1. The third-order valence-electron chi connectivity index (χ3n) is 9.16. The second kappa shape index (κ2) is 14.3. The molecule has 1 saturated heterocycles. The molecule has 0 saturated carbocycles. The first kappa shape index (κ1) is 34.6. The molecule has 3 heterocycles. The number of rotatable bonds is 12. The van der Waals surface area contributed by atoms with Gasteiger partial charge >= 0.3 is 5.97 Å². The van der Waals surface area contributed by atoms with Crippen LogP contribution in [0.2, 0.25) is 0 Å². The molecule has 262 valence electrons. The van der Waals surface area contributed by atoms with E-state index in [9.17, 15) is 9.90 Å². The number of ether oxygens (including phenoxy) is 6. The van der Waals surface area contributed by atoms with E-state index in [1.54, 1.807) is 32.6 Å². The largest absolute Gasteiger partial charge is 0.497 e. The van der Waals surface area contributed by atoms with Crippen molar-refractivity contribution in [2.45, 2.75) is 49.9 Å². The lowest BCUT2D eigenvalue weighted by molar-refractivity contribution is -0.171. The Kier molecular flexibility index (Phi) is 9.91. The zero-order valence-corrected chi connectivity index (χ0v) is 28.7. The summed E-state index contributed by atoms with van der Waals surface area (Å²) in [6.07, 6.45) is -4.07. The molecule has 6 rings (SSSR count). The van der Waals surface area contributed by atoms with Gasteiger partial charge in [-0.2, -0.15) is 9.97 Å². The topological polar surface area (TPSA) is 162 Å². The van der Waals surface area contributed by atoms with Gasteiger partial charge in [-0.05, 0) is 41.0 Å². The molecule has 50 heavy (non-hydrogen) atoms. The van der Waals surface area contributed by atoms with E-state index in [2.05, 4.69) is 15.0 Å². The zero-order chi connectivity index (χ0) is 35.6. The molecule has 3 aromatic carbocycles. The van der Waals surface area contributed by atoms with Crippen molar-refractivity contribution in [3.63, 3.8) is 0 Å². The van der Waals surface area contributed by atoms with Gasteiger partial charge in [0, 0.05) is 7.11 Å². The smallest absolute Gasteiger partial charge is 0.308 e. The minimum atomic E-state index is -1.31. The van der Waals surface area contributed by atoms with Crippen LogP contribution in [0.15, 0.2) is 85.2 Å². The summed E-state index contributed by atoms with van der Waals surface area (Å²) in [5.74, 6) is 0.439. The second-order valence-electron chi connectivity index (χ2n) is 12.2. The van der Waals surface area contributed by atoms with Gasteiger partial charge in [0.25, 0.3) is 0 Å². The first-order valence-corrected chi connectivity index (χ1v) is 16.1. The van der Waals surface area contributed by atoms with Gasteiger partial charge in [-0.25, -0.2) is 4.98 Å². The van der Waals surface area contributed by atoms with E-state index in [1.165, 1.54) is 20.5 Å². The Hall–Kier alpha value is -5.24. The molecule has 5 aromatic rings. The van der Waals surface area contributed by atoms with E-state index in [-0.39, 0.29) is 11.8 Å². The maximum Gasteiger partial charge on any atom is 0.308 e. The number of carbonyl (C=O) groups is 1. The number of benzene rings is 3. The van der Waals surface area contributed by atoms with E-state index < -0.39 is 47.9 Å². The van der Waals surface area contributed by atoms with Crippen LogP contribution in [-0.2, 0) is 24.4 Å². The number of methoxy groups -OCH3 is 4. The Labute approximate surface area is 289 Å². The van der Waals surface area contributed by atoms with Gasteiger partial charge in [0.2, 0.25) is 11.8 Å². The second-order valence-corrected chi connectivity index (χ2v) is 12.2. The predicted molar refractivity (Wildman–Crippen MR) is 184 cm³/mol. The highest BCUT2D eigenvalue weighted by Crippen LogP contribution is 2.49. The molecule has 1 fully saturated rings. The normalized spacial score (nSPS) is 19.8. The van der Waals surface area contributed by atoms with Crippen molar-refractivity contribution >= 4 is 23.1 Å². The fourth-order valence-corrected chi connectivity index (χ4v) is 6.70. The lowest BCUT2D eigenvalue weighted by atomic mass is 9.63. The maximum absolute atomic E-state index is 13.8. The molecule has 13 nitrogen and oxygen atoms in total. The number of aliphatic hydroxyl groups excluding tert-OH is 1. The number of esters is 1. The Morgan fingerprint density at radius 3 is 1.96 bits per heavy atom. The molecular weight excluding hydrogens is 642 g/mol. The summed E-state index contributed by atoms with van der Waals surface area (Å²) in [7, 11) is 6.12. The Balaban J connectivity index is 1.62. The predicted octanol–water partition coefficient (Wildman–Crippen LogP) is 4.31. The summed E-state index contributed by atoms with van der Waals surface area (Å²) in [5, 5.41) is 12.2. The van der Waals surface area contributed by atoms with Crippen LogP contribution >= 0.6 is 0 Å². The van der Waals surface area contributed by atoms with Crippen molar-refractivity contribution in [2.75, 3.05) is 34.2 Å². The van der Waals surface area contributed by atoms with Crippen molar-refractivity contribution in [2.24, 2.45) is 5.92 Å². The van der Waals surface area contributed by atoms with Crippen LogP contribution in [0.5, 0.6) is 17.4 Å². The van der Waals surface area contributed by atoms with Crippen molar-refractivity contribution in [1.29, 1.82) is 0 Å². The van der Waals surface area contributed by atoms with Crippen LogP contribution in [0.1, 0.15) is 36.8 Å². The minimum Gasteiger partial charge on any atom is -0.497 e. The average molecular weight is 684 g/mol. The van der Waals surface area contributed by atoms with Crippen molar-refractivity contribution in [3.05, 3.63) is 102 Å². The van der Waals surface area contributed by atoms with Gasteiger partial charge in [-0.3, -0.25) is 9.36 Å². The molecule has 1 aliphatic heterocycles.